The third-order valence-electron chi connectivity index (χ3n) is 4.26. The van der Waals surface area contributed by atoms with Crippen LogP contribution in [0.5, 0.6) is 5.75 Å². The van der Waals surface area contributed by atoms with Gasteiger partial charge in [0.1, 0.15) is 5.75 Å². The van der Waals surface area contributed by atoms with E-state index < -0.39 is 35.9 Å². The lowest BCUT2D eigenvalue weighted by Gasteiger charge is -2.21. The van der Waals surface area contributed by atoms with Crippen LogP contribution in [0.4, 0.5) is 32.0 Å². The fourth-order valence-corrected chi connectivity index (χ4v) is 2.89. The normalized spacial score (nSPS) is 17.0. The van der Waals surface area contributed by atoms with Gasteiger partial charge >= 0.3 is 18.5 Å². The molecule has 160 valence electrons. The summed E-state index contributed by atoms with van der Waals surface area (Å²) in [6, 6.07) is 8.01. The standard InChI is InChI=1S/C19H14F6N2O3/c1-29-17(28)16-10-15(11-2-4-12(5-3-11)18(20,21)22)26-27(16)13-6-8-14(9-7-13)30-19(23,24)25/h2-9,16H,10H2,1H3. The minimum absolute atomic E-state index is 0.0405. The molecule has 1 atom stereocenters. The number of hydrazone groups is 1. The molecule has 1 aliphatic heterocycles. The van der Waals surface area contributed by atoms with Gasteiger partial charge in [-0.3, -0.25) is 5.01 Å². The van der Waals surface area contributed by atoms with E-state index in [9.17, 15) is 31.1 Å². The molecule has 3 rings (SSSR count). The highest BCUT2D eigenvalue weighted by atomic mass is 19.4. The number of hydrogen-bond acceptors (Lipinski definition) is 5. The van der Waals surface area contributed by atoms with Gasteiger partial charge < -0.3 is 9.47 Å². The highest BCUT2D eigenvalue weighted by Crippen LogP contribution is 2.32. The summed E-state index contributed by atoms with van der Waals surface area (Å²) >= 11 is 0. The number of alkyl halides is 6. The molecule has 1 unspecified atom stereocenters. The molecule has 0 bridgehead atoms. The second-order valence-electron chi connectivity index (χ2n) is 6.25. The molecule has 0 saturated heterocycles. The maximum atomic E-state index is 12.7. The summed E-state index contributed by atoms with van der Waals surface area (Å²) in [5.41, 5.74) is 0.152. The van der Waals surface area contributed by atoms with E-state index in [0.717, 1.165) is 31.4 Å². The summed E-state index contributed by atoms with van der Waals surface area (Å²) in [4.78, 5) is 12.2. The van der Waals surface area contributed by atoms with Crippen LogP contribution in [0.25, 0.3) is 0 Å². The van der Waals surface area contributed by atoms with Crippen molar-refractivity contribution in [3.63, 3.8) is 0 Å². The summed E-state index contributed by atoms with van der Waals surface area (Å²) in [7, 11) is 1.16. The molecule has 5 nitrogen and oxygen atoms in total. The summed E-state index contributed by atoms with van der Waals surface area (Å²) < 4.78 is 83.7. The van der Waals surface area contributed by atoms with Gasteiger partial charge in [0.05, 0.1) is 24.1 Å². The lowest BCUT2D eigenvalue weighted by molar-refractivity contribution is -0.274. The van der Waals surface area contributed by atoms with Gasteiger partial charge in [0.15, 0.2) is 6.04 Å². The first kappa shape index (κ1) is 21.5. The minimum atomic E-state index is -4.85. The van der Waals surface area contributed by atoms with E-state index >= 15 is 0 Å². The average Bonchev–Trinajstić information content (AvgIpc) is 3.11. The number of esters is 1. The van der Waals surface area contributed by atoms with Gasteiger partial charge in [-0.05, 0) is 42.0 Å². The molecular formula is C19H14F6N2O3. The number of carbonyl (C=O) groups excluding carboxylic acids is 1. The smallest absolute Gasteiger partial charge is 0.467 e. The third-order valence-corrected chi connectivity index (χ3v) is 4.26. The Bertz CT molecular complexity index is 937. The van der Waals surface area contributed by atoms with Gasteiger partial charge in [-0.15, -0.1) is 13.2 Å². The molecule has 0 aromatic heterocycles. The number of halogens is 6. The Morgan fingerprint density at radius 3 is 2.10 bits per heavy atom. The van der Waals surface area contributed by atoms with Crippen LogP contribution in [-0.2, 0) is 15.7 Å². The summed E-state index contributed by atoms with van der Waals surface area (Å²) in [6.07, 6.45) is -9.30. The second-order valence-corrected chi connectivity index (χ2v) is 6.25. The van der Waals surface area contributed by atoms with Crippen LogP contribution in [-0.4, -0.2) is 31.2 Å². The van der Waals surface area contributed by atoms with E-state index in [1.165, 1.54) is 29.3 Å². The van der Waals surface area contributed by atoms with Crippen LogP contribution in [0.1, 0.15) is 17.5 Å². The summed E-state index contributed by atoms with van der Waals surface area (Å²) in [5.74, 6) is -1.11. The summed E-state index contributed by atoms with van der Waals surface area (Å²) in [5, 5.41) is 5.53. The molecule has 30 heavy (non-hydrogen) atoms. The minimum Gasteiger partial charge on any atom is -0.467 e. The van der Waals surface area contributed by atoms with E-state index in [4.69, 9.17) is 4.74 Å². The zero-order valence-corrected chi connectivity index (χ0v) is 15.3. The Morgan fingerprint density at radius 1 is 1.00 bits per heavy atom. The first-order valence-electron chi connectivity index (χ1n) is 8.46. The Labute approximate surface area is 166 Å². The molecule has 0 amide bonds. The van der Waals surface area contributed by atoms with E-state index in [0.29, 0.717) is 11.3 Å². The average molecular weight is 432 g/mol. The number of nitrogens with zero attached hydrogens (tertiary/aromatic N) is 2. The predicted octanol–water partition coefficient (Wildman–Crippen LogP) is 4.76. The SMILES string of the molecule is COC(=O)C1CC(c2ccc(C(F)(F)F)cc2)=NN1c1ccc(OC(F)(F)F)cc1. The molecule has 0 fully saturated rings. The number of rotatable bonds is 4. The third kappa shape index (κ3) is 4.84. The van der Waals surface area contributed by atoms with Crippen LogP contribution >= 0.6 is 0 Å². The van der Waals surface area contributed by atoms with Gasteiger partial charge in [-0.25, -0.2) is 4.79 Å². The highest BCUT2D eigenvalue weighted by Gasteiger charge is 2.36. The maximum Gasteiger partial charge on any atom is 0.573 e. The van der Waals surface area contributed by atoms with Crippen molar-refractivity contribution < 1.29 is 40.6 Å². The molecule has 0 radical (unpaired) electrons. The molecule has 1 aliphatic rings. The molecule has 0 spiro atoms. The lowest BCUT2D eigenvalue weighted by atomic mass is 10.0. The Kier molecular flexibility index (Phi) is 5.64. The quantitative estimate of drug-likeness (QED) is 0.517. The van der Waals surface area contributed by atoms with Crippen molar-refractivity contribution in [2.24, 2.45) is 5.10 Å². The van der Waals surface area contributed by atoms with E-state index in [-0.39, 0.29) is 12.1 Å². The molecule has 2 aromatic rings. The number of ether oxygens (including phenoxy) is 2. The van der Waals surface area contributed by atoms with Crippen molar-refractivity contribution in [2.75, 3.05) is 12.1 Å². The van der Waals surface area contributed by atoms with Crippen molar-refractivity contribution in [3.8, 4) is 5.75 Å². The number of carbonyl (C=O) groups is 1. The zero-order chi connectivity index (χ0) is 22.1. The molecule has 1 heterocycles. The summed E-state index contributed by atoms with van der Waals surface area (Å²) in [6.45, 7) is 0. The van der Waals surface area contributed by atoms with Crippen molar-refractivity contribution >= 4 is 17.4 Å². The molecule has 0 N–H and O–H groups in total. The van der Waals surface area contributed by atoms with E-state index in [2.05, 4.69) is 9.84 Å². The van der Waals surface area contributed by atoms with Crippen LogP contribution < -0.4 is 9.75 Å². The molecule has 2 aromatic carbocycles. The Balaban J connectivity index is 1.89. The van der Waals surface area contributed by atoms with Crippen LogP contribution in [0.2, 0.25) is 0 Å². The van der Waals surface area contributed by atoms with Crippen molar-refractivity contribution in [2.45, 2.75) is 25.0 Å². The molecular weight excluding hydrogens is 418 g/mol. The molecule has 0 saturated carbocycles. The topological polar surface area (TPSA) is 51.1 Å². The molecule has 11 heteroatoms. The van der Waals surface area contributed by atoms with Crippen molar-refractivity contribution in [1.82, 2.24) is 0 Å². The van der Waals surface area contributed by atoms with Gasteiger partial charge in [0, 0.05) is 6.42 Å². The number of anilines is 1. The maximum absolute atomic E-state index is 12.7. The fourth-order valence-electron chi connectivity index (χ4n) is 2.89. The number of hydrogen-bond donors (Lipinski definition) is 0. The van der Waals surface area contributed by atoms with Gasteiger partial charge in [0.25, 0.3) is 0 Å². The largest absolute Gasteiger partial charge is 0.573 e. The van der Waals surface area contributed by atoms with E-state index in [1.807, 2.05) is 0 Å². The monoisotopic (exact) mass is 432 g/mol. The van der Waals surface area contributed by atoms with Gasteiger partial charge in [-0.1, -0.05) is 12.1 Å². The van der Waals surface area contributed by atoms with Crippen LogP contribution in [0, 0.1) is 0 Å². The predicted molar refractivity (Wildman–Crippen MR) is 94.0 cm³/mol. The number of methoxy groups -OCH3 is 1. The van der Waals surface area contributed by atoms with E-state index in [1.54, 1.807) is 0 Å². The van der Waals surface area contributed by atoms with Gasteiger partial charge in [0.2, 0.25) is 0 Å². The van der Waals surface area contributed by atoms with Crippen LogP contribution in [0.15, 0.2) is 53.6 Å². The lowest BCUT2D eigenvalue weighted by Crippen LogP contribution is -2.35. The fraction of sp³-hybridized carbons (Fsp3) is 0.263. The Hall–Kier alpha value is -3.24. The first-order chi connectivity index (χ1) is 14.0. The van der Waals surface area contributed by atoms with Crippen LogP contribution in [0.3, 0.4) is 0 Å². The van der Waals surface area contributed by atoms with Crippen molar-refractivity contribution in [3.05, 3.63) is 59.7 Å². The molecule has 0 aliphatic carbocycles. The zero-order valence-electron chi connectivity index (χ0n) is 15.3. The first-order valence-corrected chi connectivity index (χ1v) is 8.46. The second kappa shape index (κ2) is 7.88. The Morgan fingerprint density at radius 2 is 1.60 bits per heavy atom. The number of benzene rings is 2. The highest BCUT2D eigenvalue weighted by molar-refractivity contribution is 6.06. The van der Waals surface area contributed by atoms with Crippen molar-refractivity contribution in [1.29, 1.82) is 0 Å². The van der Waals surface area contributed by atoms with Gasteiger partial charge in [-0.2, -0.15) is 18.3 Å².